The summed E-state index contributed by atoms with van der Waals surface area (Å²) in [5.74, 6) is 0.240. The summed E-state index contributed by atoms with van der Waals surface area (Å²) in [5, 5.41) is 0. The van der Waals surface area contributed by atoms with Crippen molar-refractivity contribution in [3.8, 4) is 0 Å². The van der Waals surface area contributed by atoms with E-state index in [2.05, 4.69) is 0 Å². The average molecular weight is 232 g/mol. The van der Waals surface area contributed by atoms with Crippen LogP contribution in [0.3, 0.4) is 0 Å². The summed E-state index contributed by atoms with van der Waals surface area (Å²) in [7, 11) is 0. The maximum absolute atomic E-state index is 12.3. The predicted molar refractivity (Wildman–Crippen MR) is 65.8 cm³/mol. The van der Waals surface area contributed by atoms with Crippen LogP contribution in [-0.4, -0.2) is 25.7 Å². The topological polar surface area (TPSA) is 55.6 Å². The Morgan fingerprint density at radius 2 is 2.35 bits per heavy atom. The van der Waals surface area contributed by atoms with Crippen molar-refractivity contribution in [1.29, 1.82) is 0 Å². The van der Waals surface area contributed by atoms with Gasteiger partial charge in [0.25, 0.3) is 0 Å². The second kappa shape index (κ2) is 4.04. The molecule has 0 aromatic heterocycles. The largest absolute Gasteiger partial charge is 0.399 e. The molecular formula is C13H16N2O2. The Balaban J connectivity index is 1.85. The fourth-order valence-electron chi connectivity index (χ4n) is 2.60. The molecule has 0 aliphatic carbocycles. The lowest BCUT2D eigenvalue weighted by molar-refractivity contribution is -0.122. The van der Waals surface area contributed by atoms with Crippen LogP contribution in [0.5, 0.6) is 0 Å². The van der Waals surface area contributed by atoms with Gasteiger partial charge in [0.2, 0.25) is 5.91 Å². The lowest BCUT2D eigenvalue weighted by Gasteiger charge is -2.20. The van der Waals surface area contributed by atoms with E-state index in [0.717, 1.165) is 30.8 Å². The van der Waals surface area contributed by atoms with E-state index in [1.54, 1.807) is 0 Å². The van der Waals surface area contributed by atoms with Gasteiger partial charge in [-0.3, -0.25) is 4.79 Å². The van der Waals surface area contributed by atoms with Gasteiger partial charge >= 0.3 is 0 Å². The van der Waals surface area contributed by atoms with Gasteiger partial charge in [0, 0.05) is 24.5 Å². The maximum atomic E-state index is 12.3. The van der Waals surface area contributed by atoms with Crippen molar-refractivity contribution >= 4 is 17.3 Å². The molecule has 0 radical (unpaired) electrons. The number of hydrogen-bond donors (Lipinski definition) is 1. The SMILES string of the molecule is Nc1ccc2c(c1)CCN2C(=O)C1CCOC1. The van der Waals surface area contributed by atoms with Crippen LogP contribution in [-0.2, 0) is 16.0 Å². The second-order valence-electron chi connectivity index (χ2n) is 4.69. The van der Waals surface area contributed by atoms with Gasteiger partial charge in [-0.2, -0.15) is 0 Å². The molecule has 4 nitrogen and oxygen atoms in total. The lowest BCUT2D eigenvalue weighted by atomic mass is 10.1. The summed E-state index contributed by atoms with van der Waals surface area (Å²) in [6.07, 6.45) is 1.75. The third-order valence-corrected chi connectivity index (χ3v) is 3.54. The van der Waals surface area contributed by atoms with E-state index in [1.807, 2.05) is 23.1 Å². The van der Waals surface area contributed by atoms with Gasteiger partial charge in [-0.1, -0.05) is 0 Å². The predicted octanol–water partition coefficient (Wildman–Crippen LogP) is 1.19. The van der Waals surface area contributed by atoms with Crippen molar-refractivity contribution in [2.75, 3.05) is 30.4 Å². The molecule has 4 heteroatoms. The third-order valence-electron chi connectivity index (χ3n) is 3.54. The Morgan fingerprint density at radius 3 is 3.12 bits per heavy atom. The summed E-state index contributed by atoms with van der Waals surface area (Å²) in [4.78, 5) is 14.2. The molecule has 17 heavy (non-hydrogen) atoms. The molecule has 1 saturated heterocycles. The molecule has 1 unspecified atom stereocenters. The number of carbonyl (C=O) groups excluding carboxylic acids is 1. The van der Waals surface area contributed by atoms with E-state index in [0.29, 0.717) is 13.2 Å². The Morgan fingerprint density at radius 1 is 1.47 bits per heavy atom. The van der Waals surface area contributed by atoms with Crippen molar-refractivity contribution in [2.45, 2.75) is 12.8 Å². The quantitative estimate of drug-likeness (QED) is 0.740. The van der Waals surface area contributed by atoms with Gasteiger partial charge in [-0.25, -0.2) is 0 Å². The first kappa shape index (κ1) is 10.6. The monoisotopic (exact) mass is 232 g/mol. The zero-order valence-electron chi connectivity index (χ0n) is 9.69. The van der Waals surface area contributed by atoms with Crippen molar-refractivity contribution in [2.24, 2.45) is 5.92 Å². The van der Waals surface area contributed by atoms with Crippen molar-refractivity contribution in [1.82, 2.24) is 0 Å². The fourth-order valence-corrected chi connectivity index (χ4v) is 2.60. The highest BCUT2D eigenvalue weighted by Gasteiger charge is 2.32. The molecule has 2 N–H and O–H groups in total. The van der Waals surface area contributed by atoms with E-state index in [4.69, 9.17) is 10.5 Å². The van der Waals surface area contributed by atoms with Gasteiger partial charge in [0.05, 0.1) is 12.5 Å². The Hall–Kier alpha value is -1.55. The maximum Gasteiger partial charge on any atom is 0.232 e. The highest BCUT2D eigenvalue weighted by Crippen LogP contribution is 2.31. The molecule has 1 aromatic rings. The molecule has 0 spiro atoms. The number of benzene rings is 1. The minimum atomic E-state index is 0.0403. The van der Waals surface area contributed by atoms with Crippen LogP contribution in [0.15, 0.2) is 18.2 Å². The molecule has 90 valence electrons. The first-order valence-electron chi connectivity index (χ1n) is 6.03. The van der Waals surface area contributed by atoms with Crippen LogP contribution in [0, 0.1) is 5.92 Å². The molecule has 2 aliphatic rings. The number of amides is 1. The first-order chi connectivity index (χ1) is 8.25. The zero-order chi connectivity index (χ0) is 11.8. The molecule has 2 aliphatic heterocycles. The average Bonchev–Trinajstić information content (AvgIpc) is 2.96. The Kier molecular flexibility index (Phi) is 2.52. The number of fused-ring (bicyclic) bond motifs is 1. The standard InChI is InChI=1S/C13H16N2O2/c14-11-1-2-12-9(7-11)3-5-15(12)13(16)10-4-6-17-8-10/h1-2,7,10H,3-6,8,14H2. The van der Waals surface area contributed by atoms with Crippen molar-refractivity contribution < 1.29 is 9.53 Å². The zero-order valence-corrected chi connectivity index (χ0v) is 9.69. The number of hydrogen-bond acceptors (Lipinski definition) is 3. The minimum Gasteiger partial charge on any atom is -0.399 e. The Labute approximate surface area is 100 Å². The number of ether oxygens (including phenoxy) is 1. The van der Waals surface area contributed by atoms with Gasteiger partial charge in [0.1, 0.15) is 0 Å². The molecule has 1 atom stereocenters. The van der Waals surface area contributed by atoms with Crippen molar-refractivity contribution in [3.05, 3.63) is 23.8 Å². The van der Waals surface area contributed by atoms with E-state index in [1.165, 1.54) is 5.56 Å². The molecule has 3 rings (SSSR count). The van der Waals surface area contributed by atoms with E-state index in [9.17, 15) is 4.79 Å². The van der Waals surface area contributed by atoms with Gasteiger partial charge in [0.15, 0.2) is 0 Å². The number of rotatable bonds is 1. The van der Waals surface area contributed by atoms with E-state index < -0.39 is 0 Å². The molecule has 1 amide bonds. The number of nitrogens with zero attached hydrogens (tertiary/aromatic N) is 1. The molecule has 0 bridgehead atoms. The van der Waals surface area contributed by atoms with Crippen LogP contribution in [0.2, 0.25) is 0 Å². The summed E-state index contributed by atoms with van der Waals surface area (Å²) in [6, 6.07) is 5.77. The Bertz CT molecular complexity index is 453. The number of nitrogen functional groups attached to an aromatic ring is 1. The van der Waals surface area contributed by atoms with Crippen LogP contribution in [0.1, 0.15) is 12.0 Å². The summed E-state index contributed by atoms with van der Waals surface area (Å²) in [5.41, 5.74) is 8.72. The van der Waals surface area contributed by atoms with Crippen LogP contribution < -0.4 is 10.6 Å². The summed E-state index contributed by atoms with van der Waals surface area (Å²) in [6.45, 7) is 2.05. The summed E-state index contributed by atoms with van der Waals surface area (Å²) >= 11 is 0. The smallest absolute Gasteiger partial charge is 0.232 e. The van der Waals surface area contributed by atoms with Crippen LogP contribution in [0.4, 0.5) is 11.4 Å². The lowest BCUT2D eigenvalue weighted by Crippen LogP contribution is -2.35. The normalized spacial score (nSPS) is 22.8. The van der Waals surface area contributed by atoms with Gasteiger partial charge < -0.3 is 15.4 Å². The number of carbonyl (C=O) groups is 1. The second-order valence-corrected chi connectivity index (χ2v) is 4.69. The van der Waals surface area contributed by atoms with Crippen molar-refractivity contribution in [3.63, 3.8) is 0 Å². The number of anilines is 2. The summed E-state index contributed by atoms with van der Waals surface area (Å²) < 4.78 is 5.28. The molecule has 1 fully saturated rings. The molecule has 2 heterocycles. The minimum absolute atomic E-state index is 0.0403. The van der Waals surface area contributed by atoms with Gasteiger partial charge in [-0.05, 0) is 36.6 Å². The van der Waals surface area contributed by atoms with Crippen LogP contribution in [0.25, 0.3) is 0 Å². The number of nitrogens with two attached hydrogens (primary N) is 1. The van der Waals surface area contributed by atoms with E-state index >= 15 is 0 Å². The highest BCUT2D eigenvalue weighted by atomic mass is 16.5. The fraction of sp³-hybridized carbons (Fsp3) is 0.462. The molecule has 0 saturated carbocycles. The third kappa shape index (κ3) is 1.78. The molecule has 1 aromatic carbocycles. The van der Waals surface area contributed by atoms with Gasteiger partial charge in [-0.15, -0.1) is 0 Å². The molecular weight excluding hydrogens is 216 g/mol. The van der Waals surface area contributed by atoms with E-state index in [-0.39, 0.29) is 11.8 Å². The highest BCUT2D eigenvalue weighted by molar-refractivity contribution is 5.97. The van der Waals surface area contributed by atoms with Crippen LogP contribution >= 0.6 is 0 Å². The first-order valence-corrected chi connectivity index (χ1v) is 6.03.